The number of hydrogen-bond donors (Lipinski definition) is 1. The molecule has 0 aliphatic rings. The third kappa shape index (κ3) is 3.85. The van der Waals surface area contributed by atoms with E-state index in [4.69, 9.17) is 4.74 Å². The lowest BCUT2D eigenvalue weighted by molar-refractivity contribution is -0.138. The zero-order valence-corrected chi connectivity index (χ0v) is 8.69. The largest absolute Gasteiger partial charge is 0.508 e. The number of aromatic hydroxyl groups is 1. The quantitative estimate of drug-likeness (QED) is 0.605. The first kappa shape index (κ1) is 11.3. The van der Waals surface area contributed by atoms with Crippen LogP contribution in [0.5, 0.6) is 5.75 Å². The van der Waals surface area contributed by atoms with E-state index in [9.17, 15) is 9.90 Å². The summed E-state index contributed by atoms with van der Waals surface area (Å²) in [6.45, 7) is 5.39. The minimum Gasteiger partial charge on any atom is -0.508 e. The summed E-state index contributed by atoms with van der Waals surface area (Å²) < 4.78 is 4.93. The minimum absolute atomic E-state index is 0.221. The van der Waals surface area contributed by atoms with Crippen LogP contribution in [0, 0.1) is 0 Å². The molecular formula is C12H14O3. The van der Waals surface area contributed by atoms with Crippen molar-refractivity contribution >= 4 is 5.97 Å². The predicted molar refractivity (Wildman–Crippen MR) is 57.6 cm³/mol. The van der Waals surface area contributed by atoms with Crippen molar-refractivity contribution in [2.24, 2.45) is 0 Å². The maximum atomic E-state index is 11.0. The van der Waals surface area contributed by atoms with Gasteiger partial charge in [0.1, 0.15) is 5.75 Å². The Labute approximate surface area is 89.0 Å². The lowest BCUT2D eigenvalue weighted by atomic mass is 10.1. The molecule has 0 aliphatic carbocycles. The Morgan fingerprint density at radius 1 is 1.53 bits per heavy atom. The Kier molecular flexibility index (Phi) is 3.92. The van der Waals surface area contributed by atoms with Gasteiger partial charge in [-0.1, -0.05) is 18.7 Å². The van der Waals surface area contributed by atoms with Gasteiger partial charge >= 0.3 is 5.97 Å². The van der Waals surface area contributed by atoms with Gasteiger partial charge in [0.15, 0.2) is 0 Å². The van der Waals surface area contributed by atoms with E-state index in [1.54, 1.807) is 25.1 Å². The van der Waals surface area contributed by atoms with Gasteiger partial charge in [-0.3, -0.25) is 0 Å². The first-order valence-electron chi connectivity index (χ1n) is 4.70. The summed E-state index contributed by atoms with van der Waals surface area (Å²) in [5.74, 6) is -0.158. The summed E-state index contributed by atoms with van der Waals surface area (Å²) >= 11 is 0. The van der Waals surface area contributed by atoms with Gasteiger partial charge in [-0.05, 0) is 24.6 Å². The summed E-state index contributed by atoms with van der Waals surface area (Å²) in [6.07, 6.45) is 0.591. The van der Waals surface area contributed by atoms with Gasteiger partial charge in [-0.25, -0.2) is 4.79 Å². The van der Waals surface area contributed by atoms with Crippen molar-refractivity contribution in [2.75, 3.05) is 6.61 Å². The SMILES string of the molecule is C=C(C)C(=O)OCCc1cccc(O)c1. The summed E-state index contributed by atoms with van der Waals surface area (Å²) in [7, 11) is 0. The zero-order chi connectivity index (χ0) is 11.3. The molecule has 0 bridgehead atoms. The maximum absolute atomic E-state index is 11.0. The van der Waals surface area contributed by atoms with E-state index in [0.29, 0.717) is 18.6 Å². The molecule has 1 aromatic rings. The molecule has 0 amide bonds. The standard InChI is InChI=1S/C12H14O3/c1-9(2)12(14)15-7-6-10-4-3-5-11(13)8-10/h3-5,8,13H,1,6-7H2,2H3. The number of hydrogen-bond acceptors (Lipinski definition) is 3. The Balaban J connectivity index is 2.38. The molecule has 0 saturated heterocycles. The average Bonchev–Trinajstić information content (AvgIpc) is 2.17. The van der Waals surface area contributed by atoms with Gasteiger partial charge in [0.05, 0.1) is 6.61 Å². The highest BCUT2D eigenvalue weighted by molar-refractivity contribution is 5.86. The van der Waals surface area contributed by atoms with Crippen LogP contribution in [0.2, 0.25) is 0 Å². The van der Waals surface area contributed by atoms with Crippen molar-refractivity contribution in [1.29, 1.82) is 0 Å². The number of carbonyl (C=O) groups excluding carboxylic acids is 1. The smallest absolute Gasteiger partial charge is 0.333 e. The number of esters is 1. The molecule has 3 heteroatoms. The molecule has 0 unspecified atom stereocenters. The fourth-order valence-electron chi connectivity index (χ4n) is 1.10. The molecule has 15 heavy (non-hydrogen) atoms. The van der Waals surface area contributed by atoms with Crippen LogP contribution in [0.4, 0.5) is 0 Å². The van der Waals surface area contributed by atoms with Crippen LogP contribution in [0.1, 0.15) is 12.5 Å². The van der Waals surface area contributed by atoms with Gasteiger partial charge in [-0.2, -0.15) is 0 Å². The lowest BCUT2D eigenvalue weighted by Gasteiger charge is -2.04. The fourth-order valence-corrected chi connectivity index (χ4v) is 1.10. The Bertz CT molecular complexity index is 369. The normalized spacial score (nSPS) is 9.67. The molecular weight excluding hydrogens is 192 g/mol. The number of ether oxygens (including phenoxy) is 1. The monoisotopic (exact) mass is 206 g/mol. The molecule has 1 rings (SSSR count). The molecule has 0 radical (unpaired) electrons. The highest BCUT2D eigenvalue weighted by Crippen LogP contribution is 2.11. The molecule has 1 N–H and O–H groups in total. The number of phenols is 1. The molecule has 0 saturated carbocycles. The number of carbonyl (C=O) groups is 1. The van der Waals surface area contributed by atoms with Gasteiger partial charge in [-0.15, -0.1) is 0 Å². The first-order valence-corrected chi connectivity index (χ1v) is 4.70. The van der Waals surface area contributed by atoms with Gasteiger partial charge < -0.3 is 9.84 Å². The van der Waals surface area contributed by atoms with Gasteiger partial charge in [0, 0.05) is 12.0 Å². The van der Waals surface area contributed by atoms with Crippen LogP contribution < -0.4 is 0 Å². The Morgan fingerprint density at radius 3 is 2.87 bits per heavy atom. The highest BCUT2D eigenvalue weighted by Gasteiger charge is 2.02. The Hall–Kier alpha value is -1.77. The van der Waals surface area contributed by atoms with E-state index in [0.717, 1.165) is 5.56 Å². The molecule has 80 valence electrons. The molecule has 3 nitrogen and oxygen atoms in total. The van der Waals surface area contributed by atoms with Crippen molar-refractivity contribution in [1.82, 2.24) is 0 Å². The second-order valence-electron chi connectivity index (χ2n) is 3.34. The summed E-state index contributed by atoms with van der Waals surface area (Å²) in [5.41, 5.74) is 1.33. The molecule has 1 aromatic carbocycles. The lowest BCUT2D eigenvalue weighted by Crippen LogP contribution is -2.07. The van der Waals surface area contributed by atoms with Crippen molar-refractivity contribution in [3.63, 3.8) is 0 Å². The fraction of sp³-hybridized carbons (Fsp3) is 0.250. The summed E-state index contributed by atoms with van der Waals surface area (Å²) in [5, 5.41) is 9.19. The summed E-state index contributed by atoms with van der Waals surface area (Å²) in [6, 6.07) is 6.87. The van der Waals surface area contributed by atoms with E-state index < -0.39 is 0 Å². The van der Waals surface area contributed by atoms with Crippen LogP contribution in [-0.4, -0.2) is 17.7 Å². The number of benzene rings is 1. The second kappa shape index (κ2) is 5.20. The first-order chi connectivity index (χ1) is 7.09. The van der Waals surface area contributed by atoms with Crippen LogP contribution in [0.3, 0.4) is 0 Å². The van der Waals surface area contributed by atoms with Crippen LogP contribution in [0.25, 0.3) is 0 Å². The maximum Gasteiger partial charge on any atom is 0.333 e. The number of phenolic OH excluding ortho intramolecular Hbond substituents is 1. The van der Waals surface area contributed by atoms with Crippen LogP contribution in [-0.2, 0) is 16.0 Å². The van der Waals surface area contributed by atoms with Crippen molar-refractivity contribution in [2.45, 2.75) is 13.3 Å². The average molecular weight is 206 g/mol. The van der Waals surface area contributed by atoms with Gasteiger partial charge in [0.2, 0.25) is 0 Å². The highest BCUT2D eigenvalue weighted by atomic mass is 16.5. The molecule has 0 fully saturated rings. The van der Waals surface area contributed by atoms with Crippen molar-refractivity contribution < 1.29 is 14.6 Å². The summed E-state index contributed by atoms with van der Waals surface area (Å²) in [4.78, 5) is 11.0. The molecule has 0 aliphatic heterocycles. The van der Waals surface area contributed by atoms with E-state index in [2.05, 4.69) is 6.58 Å². The third-order valence-corrected chi connectivity index (χ3v) is 1.88. The van der Waals surface area contributed by atoms with E-state index in [1.807, 2.05) is 6.07 Å². The van der Waals surface area contributed by atoms with Crippen LogP contribution >= 0.6 is 0 Å². The zero-order valence-electron chi connectivity index (χ0n) is 8.69. The van der Waals surface area contributed by atoms with E-state index in [1.165, 1.54) is 0 Å². The van der Waals surface area contributed by atoms with Crippen molar-refractivity contribution in [3.05, 3.63) is 42.0 Å². The molecule has 0 atom stereocenters. The van der Waals surface area contributed by atoms with Gasteiger partial charge in [0.25, 0.3) is 0 Å². The van der Waals surface area contributed by atoms with E-state index >= 15 is 0 Å². The van der Waals surface area contributed by atoms with E-state index in [-0.39, 0.29) is 11.7 Å². The Morgan fingerprint density at radius 2 is 2.27 bits per heavy atom. The second-order valence-corrected chi connectivity index (χ2v) is 3.34. The third-order valence-electron chi connectivity index (χ3n) is 1.88. The van der Waals surface area contributed by atoms with Crippen molar-refractivity contribution in [3.8, 4) is 5.75 Å². The topological polar surface area (TPSA) is 46.5 Å². The van der Waals surface area contributed by atoms with Crippen LogP contribution in [0.15, 0.2) is 36.4 Å². The predicted octanol–water partition coefficient (Wildman–Crippen LogP) is 2.05. The molecule has 0 heterocycles. The molecule has 0 spiro atoms. The minimum atomic E-state index is -0.379. The number of rotatable bonds is 4. The molecule has 0 aromatic heterocycles.